The van der Waals surface area contributed by atoms with Gasteiger partial charge < -0.3 is 9.47 Å². The molecule has 1 aromatic rings. The normalized spacial score (nSPS) is 10.2. The second-order valence-electron chi connectivity index (χ2n) is 4.09. The van der Waals surface area contributed by atoms with Crippen LogP contribution >= 0.6 is 0 Å². The fourth-order valence-electron chi connectivity index (χ4n) is 1.46. The lowest BCUT2D eigenvalue weighted by Gasteiger charge is -2.09. The van der Waals surface area contributed by atoms with Crippen LogP contribution in [0.25, 0.3) is 0 Å². The Morgan fingerprint density at radius 2 is 1.65 bits per heavy atom. The first-order valence-corrected chi connectivity index (χ1v) is 6.51. The molecule has 0 unspecified atom stereocenters. The summed E-state index contributed by atoms with van der Waals surface area (Å²) in [7, 11) is 0. The van der Waals surface area contributed by atoms with Crippen LogP contribution in [0.5, 0.6) is 11.5 Å². The summed E-state index contributed by atoms with van der Waals surface area (Å²) in [5.41, 5.74) is 0. The van der Waals surface area contributed by atoms with Crippen LogP contribution in [-0.4, -0.2) is 13.2 Å². The van der Waals surface area contributed by atoms with E-state index in [9.17, 15) is 0 Å². The molecule has 1 rings (SSSR count). The topological polar surface area (TPSA) is 18.5 Å². The zero-order chi connectivity index (χ0) is 12.3. The van der Waals surface area contributed by atoms with E-state index < -0.39 is 0 Å². The Kier molecular flexibility index (Phi) is 7.28. The fourth-order valence-corrected chi connectivity index (χ4v) is 1.46. The molecule has 95 valence electrons. The highest BCUT2D eigenvalue weighted by atomic mass is 16.5. The molecule has 2 heteroatoms. The van der Waals surface area contributed by atoms with Crippen molar-refractivity contribution in [3.8, 4) is 11.5 Å². The molecule has 1 aromatic carbocycles. The number of hydrogen-bond donors (Lipinski definition) is 0. The molecule has 0 saturated carbocycles. The molecule has 0 spiro atoms. The Morgan fingerprint density at radius 1 is 1.00 bits per heavy atom. The molecular formula is C15H23O2. The molecule has 0 fully saturated rings. The first-order valence-electron chi connectivity index (χ1n) is 6.51. The number of unbranched alkanes of at least 4 members (excludes halogenated alkanes) is 3. The number of ether oxygens (including phenoxy) is 2. The van der Waals surface area contributed by atoms with E-state index in [2.05, 4.69) is 13.8 Å². The smallest absolute Gasteiger partial charge is 0.122 e. The second kappa shape index (κ2) is 8.91. The minimum atomic E-state index is 0.758. The third kappa shape index (κ3) is 6.20. The van der Waals surface area contributed by atoms with Crippen LogP contribution in [0.3, 0.4) is 0 Å². The Labute approximate surface area is 105 Å². The van der Waals surface area contributed by atoms with Gasteiger partial charge >= 0.3 is 0 Å². The molecule has 0 atom stereocenters. The molecule has 0 amide bonds. The maximum absolute atomic E-state index is 5.65. The Bertz CT molecular complexity index is 297. The van der Waals surface area contributed by atoms with Gasteiger partial charge in [-0.2, -0.15) is 0 Å². The summed E-state index contributed by atoms with van der Waals surface area (Å²) in [6.07, 6.45) is 5.40. The third-order valence-corrected chi connectivity index (χ3v) is 2.49. The summed E-state index contributed by atoms with van der Waals surface area (Å²) in [4.78, 5) is 0. The van der Waals surface area contributed by atoms with Gasteiger partial charge in [-0.1, -0.05) is 39.2 Å². The summed E-state index contributed by atoms with van der Waals surface area (Å²) >= 11 is 0. The molecule has 0 bridgehead atoms. The quantitative estimate of drug-likeness (QED) is 0.596. The molecular weight excluding hydrogens is 212 g/mol. The second-order valence-corrected chi connectivity index (χ2v) is 4.09. The first-order chi connectivity index (χ1) is 8.36. The monoisotopic (exact) mass is 235 g/mol. The lowest BCUT2D eigenvalue weighted by Crippen LogP contribution is -1.99. The summed E-state index contributed by atoms with van der Waals surface area (Å²) in [6.45, 7) is 7.51. The SMILES string of the molecule is [CH2]CCCCOc1cccc(OCCCC)c1. The van der Waals surface area contributed by atoms with Gasteiger partial charge in [0.1, 0.15) is 11.5 Å². The van der Waals surface area contributed by atoms with Crippen LogP contribution in [0.1, 0.15) is 39.0 Å². The van der Waals surface area contributed by atoms with E-state index in [1.165, 1.54) is 0 Å². The number of hydrogen-bond acceptors (Lipinski definition) is 2. The van der Waals surface area contributed by atoms with Gasteiger partial charge in [-0.25, -0.2) is 0 Å². The summed E-state index contributed by atoms with van der Waals surface area (Å²) in [6, 6.07) is 7.87. The standard InChI is InChI=1S/C15H23O2/c1-3-5-7-12-17-15-10-8-9-14(13-15)16-11-6-4-2/h8-10,13H,1,3-7,11-12H2,2H3. The Morgan fingerprint density at radius 3 is 2.24 bits per heavy atom. The zero-order valence-corrected chi connectivity index (χ0v) is 10.8. The van der Waals surface area contributed by atoms with Crippen LogP contribution in [0.4, 0.5) is 0 Å². The molecule has 0 N–H and O–H groups in total. The van der Waals surface area contributed by atoms with E-state index in [4.69, 9.17) is 9.47 Å². The zero-order valence-electron chi connectivity index (χ0n) is 10.8. The van der Waals surface area contributed by atoms with Crippen molar-refractivity contribution in [1.29, 1.82) is 0 Å². The average Bonchev–Trinajstić information content (AvgIpc) is 2.36. The third-order valence-electron chi connectivity index (χ3n) is 2.49. The van der Waals surface area contributed by atoms with Crippen molar-refractivity contribution in [2.45, 2.75) is 39.0 Å². The molecule has 17 heavy (non-hydrogen) atoms. The van der Waals surface area contributed by atoms with Crippen LogP contribution in [0.15, 0.2) is 24.3 Å². The van der Waals surface area contributed by atoms with E-state index >= 15 is 0 Å². The minimum Gasteiger partial charge on any atom is -0.493 e. The molecule has 2 nitrogen and oxygen atoms in total. The highest BCUT2D eigenvalue weighted by Gasteiger charge is 1.97. The van der Waals surface area contributed by atoms with Gasteiger partial charge in [0.25, 0.3) is 0 Å². The molecule has 0 saturated heterocycles. The molecule has 0 aromatic heterocycles. The lowest BCUT2D eigenvalue weighted by molar-refractivity contribution is 0.293. The predicted octanol–water partition coefficient (Wildman–Crippen LogP) is 4.25. The highest BCUT2D eigenvalue weighted by Crippen LogP contribution is 2.19. The van der Waals surface area contributed by atoms with Gasteiger partial charge in [0.05, 0.1) is 13.2 Å². The highest BCUT2D eigenvalue weighted by molar-refractivity contribution is 5.32. The molecule has 0 aliphatic heterocycles. The van der Waals surface area contributed by atoms with Crippen molar-refractivity contribution in [3.63, 3.8) is 0 Å². The van der Waals surface area contributed by atoms with Gasteiger partial charge in [0, 0.05) is 6.07 Å². The molecule has 0 heterocycles. The Balaban J connectivity index is 2.31. The van der Waals surface area contributed by atoms with Crippen molar-refractivity contribution in [2.24, 2.45) is 0 Å². The van der Waals surface area contributed by atoms with Gasteiger partial charge in [-0.05, 0) is 25.0 Å². The predicted molar refractivity (Wildman–Crippen MR) is 71.5 cm³/mol. The van der Waals surface area contributed by atoms with Gasteiger partial charge in [-0.15, -0.1) is 0 Å². The van der Waals surface area contributed by atoms with Crippen molar-refractivity contribution in [2.75, 3.05) is 13.2 Å². The van der Waals surface area contributed by atoms with E-state index in [1.807, 2.05) is 24.3 Å². The van der Waals surface area contributed by atoms with Crippen molar-refractivity contribution >= 4 is 0 Å². The minimum absolute atomic E-state index is 0.758. The molecule has 0 aliphatic carbocycles. The van der Waals surface area contributed by atoms with Crippen LogP contribution in [0, 0.1) is 6.92 Å². The van der Waals surface area contributed by atoms with E-state index in [1.54, 1.807) is 0 Å². The molecule has 0 aliphatic rings. The van der Waals surface area contributed by atoms with Crippen LogP contribution < -0.4 is 9.47 Å². The lowest BCUT2D eigenvalue weighted by atomic mass is 10.3. The fraction of sp³-hybridized carbons (Fsp3) is 0.533. The van der Waals surface area contributed by atoms with E-state index in [0.717, 1.165) is 56.8 Å². The van der Waals surface area contributed by atoms with Gasteiger partial charge in [0.2, 0.25) is 0 Å². The van der Waals surface area contributed by atoms with Gasteiger partial charge in [0.15, 0.2) is 0 Å². The average molecular weight is 235 g/mol. The van der Waals surface area contributed by atoms with Crippen molar-refractivity contribution in [1.82, 2.24) is 0 Å². The summed E-state index contributed by atoms with van der Waals surface area (Å²) in [5.74, 6) is 1.79. The summed E-state index contributed by atoms with van der Waals surface area (Å²) in [5, 5.41) is 0. The maximum Gasteiger partial charge on any atom is 0.122 e. The first kappa shape index (κ1) is 13.9. The Hall–Kier alpha value is -1.18. The van der Waals surface area contributed by atoms with Crippen LogP contribution in [0.2, 0.25) is 0 Å². The maximum atomic E-state index is 5.65. The molecule has 1 radical (unpaired) electrons. The van der Waals surface area contributed by atoms with E-state index in [0.29, 0.717) is 0 Å². The number of benzene rings is 1. The van der Waals surface area contributed by atoms with Crippen molar-refractivity contribution in [3.05, 3.63) is 31.2 Å². The number of rotatable bonds is 9. The largest absolute Gasteiger partial charge is 0.493 e. The summed E-state index contributed by atoms with van der Waals surface area (Å²) < 4.78 is 11.3. The van der Waals surface area contributed by atoms with Crippen LogP contribution in [-0.2, 0) is 0 Å². The van der Waals surface area contributed by atoms with Gasteiger partial charge in [-0.3, -0.25) is 0 Å². The van der Waals surface area contributed by atoms with E-state index in [-0.39, 0.29) is 0 Å². The van der Waals surface area contributed by atoms with Crippen molar-refractivity contribution < 1.29 is 9.47 Å².